The minimum absolute atomic E-state index is 0.250. The van der Waals surface area contributed by atoms with E-state index in [0.717, 1.165) is 15.7 Å². The Balaban J connectivity index is 1.96. The Morgan fingerprint density at radius 1 is 1.29 bits per heavy atom. The highest BCUT2D eigenvalue weighted by Crippen LogP contribution is 2.17. The normalized spacial score (nSPS) is 13.1. The molecule has 21 heavy (non-hydrogen) atoms. The lowest BCUT2D eigenvalue weighted by atomic mass is 10.1. The van der Waals surface area contributed by atoms with Gasteiger partial charge in [-0.15, -0.1) is 0 Å². The zero-order valence-corrected chi connectivity index (χ0v) is 12.1. The molecule has 4 nitrogen and oxygen atoms in total. The third-order valence-electron chi connectivity index (χ3n) is 3.32. The molecule has 1 atom stereocenters. The lowest BCUT2D eigenvalue weighted by molar-refractivity contribution is 0.0624. The van der Waals surface area contributed by atoms with E-state index in [9.17, 15) is 13.9 Å². The summed E-state index contributed by atoms with van der Waals surface area (Å²) >= 11 is 0. The Hall–Kier alpha value is -1.79. The maximum absolute atomic E-state index is 12.7. The van der Waals surface area contributed by atoms with Gasteiger partial charge in [0.05, 0.1) is 12.6 Å². The van der Waals surface area contributed by atoms with Crippen molar-refractivity contribution in [1.29, 1.82) is 0 Å². The highest BCUT2D eigenvalue weighted by molar-refractivity contribution is 5.23. The molecule has 0 saturated carbocycles. The van der Waals surface area contributed by atoms with Crippen LogP contribution >= 0.6 is 0 Å². The molecule has 0 aliphatic carbocycles. The lowest BCUT2D eigenvalue weighted by Gasteiger charge is -2.21. The maximum atomic E-state index is 12.7. The fraction of sp³-hybridized carbons (Fsp3) is 0.400. The first kappa shape index (κ1) is 15.6. The molecule has 1 unspecified atom stereocenters. The van der Waals surface area contributed by atoms with Crippen molar-refractivity contribution in [1.82, 2.24) is 14.5 Å². The van der Waals surface area contributed by atoms with Crippen LogP contribution in [-0.4, -0.2) is 33.1 Å². The van der Waals surface area contributed by atoms with Gasteiger partial charge in [-0.1, -0.05) is 29.8 Å². The van der Waals surface area contributed by atoms with Gasteiger partial charge < -0.3 is 5.11 Å². The van der Waals surface area contributed by atoms with E-state index in [2.05, 4.69) is 4.98 Å². The van der Waals surface area contributed by atoms with E-state index < -0.39 is 12.7 Å². The van der Waals surface area contributed by atoms with Gasteiger partial charge in [0.1, 0.15) is 5.82 Å². The van der Waals surface area contributed by atoms with E-state index in [1.165, 1.54) is 12.4 Å². The lowest BCUT2D eigenvalue weighted by Crippen LogP contribution is -2.26. The molecule has 0 amide bonds. The Bertz CT molecular complexity index is 569. The third kappa shape index (κ3) is 4.09. The summed E-state index contributed by atoms with van der Waals surface area (Å²) in [6.45, 7) is -0.0239. The Morgan fingerprint density at radius 2 is 1.95 bits per heavy atom. The van der Waals surface area contributed by atoms with Gasteiger partial charge in [0.25, 0.3) is 0 Å². The van der Waals surface area contributed by atoms with Gasteiger partial charge in [-0.25, -0.2) is 4.98 Å². The van der Waals surface area contributed by atoms with Gasteiger partial charge >= 0.3 is 6.55 Å². The van der Waals surface area contributed by atoms with Crippen molar-refractivity contribution in [3.8, 4) is 0 Å². The molecule has 0 radical (unpaired) electrons. The number of hydrogen-bond acceptors (Lipinski definition) is 3. The largest absolute Gasteiger partial charge is 0.387 e. The number of aromatic nitrogens is 2. The van der Waals surface area contributed by atoms with Crippen molar-refractivity contribution < 1.29 is 13.9 Å². The molecule has 0 bridgehead atoms. The third-order valence-corrected chi connectivity index (χ3v) is 3.32. The van der Waals surface area contributed by atoms with E-state index in [1.807, 2.05) is 31.2 Å². The van der Waals surface area contributed by atoms with E-state index >= 15 is 0 Å². The number of alkyl halides is 2. The van der Waals surface area contributed by atoms with Crippen LogP contribution in [0.4, 0.5) is 8.78 Å². The predicted molar refractivity (Wildman–Crippen MR) is 76.0 cm³/mol. The number of halogens is 2. The van der Waals surface area contributed by atoms with Crippen LogP contribution in [0.1, 0.15) is 29.6 Å². The standard InChI is InChI=1S/C15H19F2N3O/c1-11-3-5-12(6-4-11)13(21)9-19(2)10-14-18-7-8-20(14)15(16)17/h3-8,13,15,21H,9-10H2,1-2H3. The summed E-state index contributed by atoms with van der Waals surface area (Å²) in [6, 6.07) is 7.60. The van der Waals surface area contributed by atoms with Crippen LogP contribution in [0.5, 0.6) is 0 Å². The molecule has 6 heteroatoms. The van der Waals surface area contributed by atoms with Crippen LogP contribution in [0.3, 0.4) is 0 Å². The van der Waals surface area contributed by atoms with Crippen molar-refractivity contribution in [3.63, 3.8) is 0 Å². The van der Waals surface area contributed by atoms with Crippen molar-refractivity contribution in [2.24, 2.45) is 0 Å². The number of nitrogens with zero attached hydrogens (tertiary/aromatic N) is 3. The number of likely N-dealkylation sites (N-methyl/N-ethyl adjacent to an activating group) is 1. The summed E-state index contributed by atoms with van der Waals surface area (Å²) in [5, 5.41) is 10.2. The fourth-order valence-electron chi connectivity index (χ4n) is 2.14. The number of hydrogen-bond donors (Lipinski definition) is 1. The molecule has 2 rings (SSSR count). The molecule has 1 aromatic heterocycles. The number of rotatable bonds is 6. The minimum atomic E-state index is -2.60. The molecule has 0 fully saturated rings. The summed E-state index contributed by atoms with van der Waals surface area (Å²) in [4.78, 5) is 5.70. The first-order valence-electron chi connectivity index (χ1n) is 6.70. The van der Waals surface area contributed by atoms with Crippen molar-refractivity contribution >= 4 is 0 Å². The quantitative estimate of drug-likeness (QED) is 0.891. The summed E-state index contributed by atoms with van der Waals surface area (Å²) < 4.78 is 26.3. The number of imidazole rings is 1. The minimum Gasteiger partial charge on any atom is -0.387 e. The SMILES string of the molecule is Cc1ccc(C(O)CN(C)Cc2nccn2C(F)F)cc1. The molecule has 0 saturated heterocycles. The summed E-state index contributed by atoms with van der Waals surface area (Å²) in [5.74, 6) is 0.281. The number of benzene rings is 1. The first-order valence-corrected chi connectivity index (χ1v) is 6.70. The highest BCUT2D eigenvalue weighted by Gasteiger charge is 2.15. The second-order valence-corrected chi connectivity index (χ2v) is 5.15. The van der Waals surface area contributed by atoms with Crippen LogP contribution in [0.15, 0.2) is 36.7 Å². The fourth-order valence-corrected chi connectivity index (χ4v) is 2.14. The van der Waals surface area contributed by atoms with Crippen LogP contribution < -0.4 is 0 Å². The molecule has 0 spiro atoms. The van der Waals surface area contributed by atoms with Gasteiger partial charge in [0, 0.05) is 18.9 Å². The van der Waals surface area contributed by atoms with Crippen LogP contribution in [0.25, 0.3) is 0 Å². The zero-order valence-electron chi connectivity index (χ0n) is 12.1. The molecule has 1 aromatic carbocycles. The van der Waals surface area contributed by atoms with Gasteiger partial charge in [0.15, 0.2) is 0 Å². The number of aliphatic hydroxyl groups is 1. The molecule has 1 N–H and O–H groups in total. The number of aryl methyl sites for hydroxylation is 1. The molecule has 2 aromatic rings. The molecule has 114 valence electrons. The average molecular weight is 295 g/mol. The summed E-state index contributed by atoms with van der Waals surface area (Å²) in [5.41, 5.74) is 1.93. The van der Waals surface area contributed by atoms with Crippen LogP contribution in [0, 0.1) is 6.92 Å². The Labute approximate surface area is 122 Å². The van der Waals surface area contributed by atoms with Gasteiger partial charge in [-0.05, 0) is 19.5 Å². The maximum Gasteiger partial charge on any atom is 0.319 e. The predicted octanol–water partition coefficient (Wildman–Crippen LogP) is 2.75. The average Bonchev–Trinajstić information content (AvgIpc) is 2.87. The summed E-state index contributed by atoms with van der Waals surface area (Å²) in [7, 11) is 1.77. The smallest absolute Gasteiger partial charge is 0.319 e. The Kier molecular flexibility index (Phi) is 5.03. The monoisotopic (exact) mass is 295 g/mol. The Morgan fingerprint density at radius 3 is 2.57 bits per heavy atom. The van der Waals surface area contributed by atoms with Crippen LogP contribution in [-0.2, 0) is 6.54 Å². The number of aliphatic hydroxyl groups excluding tert-OH is 1. The van der Waals surface area contributed by atoms with E-state index in [-0.39, 0.29) is 12.4 Å². The molecular formula is C15H19F2N3O. The van der Waals surface area contributed by atoms with E-state index in [1.54, 1.807) is 11.9 Å². The second kappa shape index (κ2) is 6.78. The van der Waals surface area contributed by atoms with Crippen molar-refractivity contribution in [3.05, 3.63) is 53.6 Å². The highest BCUT2D eigenvalue weighted by atomic mass is 19.3. The first-order chi connectivity index (χ1) is 9.97. The van der Waals surface area contributed by atoms with Crippen molar-refractivity contribution in [2.45, 2.75) is 26.1 Å². The van der Waals surface area contributed by atoms with E-state index in [4.69, 9.17) is 0 Å². The van der Waals surface area contributed by atoms with E-state index in [0.29, 0.717) is 6.54 Å². The molecular weight excluding hydrogens is 276 g/mol. The molecule has 1 heterocycles. The molecule has 0 aliphatic rings. The van der Waals surface area contributed by atoms with Crippen molar-refractivity contribution in [2.75, 3.05) is 13.6 Å². The van der Waals surface area contributed by atoms with Gasteiger partial charge in [-0.2, -0.15) is 8.78 Å². The summed E-state index contributed by atoms with van der Waals surface area (Å²) in [6.07, 6.45) is 1.95. The molecule has 0 aliphatic heterocycles. The topological polar surface area (TPSA) is 41.3 Å². The van der Waals surface area contributed by atoms with Crippen LogP contribution in [0.2, 0.25) is 0 Å². The zero-order chi connectivity index (χ0) is 15.4. The van der Waals surface area contributed by atoms with Gasteiger partial charge in [-0.3, -0.25) is 9.47 Å². The second-order valence-electron chi connectivity index (χ2n) is 5.15. The van der Waals surface area contributed by atoms with Gasteiger partial charge in [0.2, 0.25) is 0 Å².